The first kappa shape index (κ1) is 18.4. The number of nitrogens with one attached hydrogen (secondary N) is 2. The van der Waals surface area contributed by atoms with Crippen LogP contribution in [0.3, 0.4) is 0 Å². The molecule has 4 rings (SSSR count). The first-order valence-electron chi connectivity index (χ1n) is 9.11. The molecule has 29 heavy (non-hydrogen) atoms. The van der Waals surface area contributed by atoms with Crippen molar-refractivity contribution in [1.82, 2.24) is 10.9 Å². The van der Waals surface area contributed by atoms with Crippen LogP contribution in [0.2, 0.25) is 0 Å². The highest BCUT2D eigenvalue weighted by Crippen LogP contribution is 2.19. The molecule has 0 unspecified atom stereocenters. The number of hydrazine groups is 1. The van der Waals surface area contributed by atoms with Gasteiger partial charge in [0.25, 0.3) is 0 Å². The highest BCUT2D eigenvalue weighted by molar-refractivity contribution is 5.95. The lowest BCUT2D eigenvalue weighted by Crippen LogP contribution is -2.42. The van der Waals surface area contributed by atoms with E-state index in [1.165, 1.54) is 0 Å². The predicted octanol–water partition coefficient (Wildman–Crippen LogP) is 3.26. The van der Waals surface area contributed by atoms with Crippen LogP contribution in [0, 0.1) is 6.92 Å². The third-order valence-corrected chi connectivity index (χ3v) is 4.65. The molecule has 0 saturated carbocycles. The zero-order chi connectivity index (χ0) is 20.4. The number of hydrogen-bond donors (Lipinski definition) is 2. The van der Waals surface area contributed by atoms with E-state index in [0.29, 0.717) is 11.0 Å². The Morgan fingerprint density at radius 2 is 1.69 bits per heavy atom. The Kier molecular flexibility index (Phi) is 4.83. The predicted molar refractivity (Wildman–Crippen MR) is 110 cm³/mol. The van der Waals surface area contributed by atoms with Gasteiger partial charge in [-0.05, 0) is 35.4 Å². The van der Waals surface area contributed by atoms with Gasteiger partial charge in [-0.2, -0.15) is 0 Å². The van der Waals surface area contributed by atoms with Crippen molar-refractivity contribution < 1.29 is 14.0 Å². The molecule has 4 aromatic rings. The molecule has 6 nitrogen and oxygen atoms in total. The third-order valence-electron chi connectivity index (χ3n) is 4.65. The summed E-state index contributed by atoms with van der Waals surface area (Å²) in [5, 5.41) is 2.42. The van der Waals surface area contributed by atoms with Gasteiger partial charge in [0.15, 0.2) is 11.2 Å². The summed E-state index contributed by atoms with van der Waals surface area (Å²) >= 11 is 0. The number of amides is 2. The summed E-state index contributed by atoms with van der Waals surface area (Å²) in [4.78, 5) is 36.8. The molecular weight excluding hydrogens is 368 g/mol. The second kappa shape index (κ2) is 7.59. The maximum atomic E-state index is 12.3. The minimum atomic E-state index is -0.698. The Labute approximate surface area is 166 Å². The van der Waals surface area contributed by atoms with E-state index in [9.17, 15) is 14.4 Å². The Bertz CT molecular complexity index is 1300. The van der Waals surface area contributed by atoms with Crippen LogP contribution in [0.15, 0.2) is 75.9 Å². The number of aryl methyl sites for hydroxylation is 1. The molecule has 0 bridgehead atoms. The molecule has 1 aromatic heterocycles. The number of hydrogen-bond acceptors (Lipinski definition) is 4. The van der Waals surface area contributed by atoms with E-state index < -0.39 is 5.91 Å². The largest absolute Gasteiger partial charge is 0.451 e. The fourth-order valence-corrected chi connectivity index (χ4v) is 3.23. The van der Waals surface area contributed by atoms with Gasteiger partial charge in [-0.3, -0.25) is 25.2 Å². The highest BCUT2D eigenvalue weighted by atomic mass is 16.3. The van der Waals surface area contributed by atoms with Gasteiger partial charge in [0.2, 0.25) is 5.91 Å². The van der Waals surface area contributed by atoms with Crippen molar-refractivity contribution in [2.45, 2.75) is 13.3 Å². The molecule has 2 N–H and O–H groups in total. The average Bonchev–Trinajstić information content (AvgIpc) is 2.72. The standard InChI is InChI=1S/C23H18N2O4/c1-14-9-10-20-18(11-14)19(26)13-21(29-20)23(28)25-24-22(27)12-16-7-4-6-15-5-2-3-8-17(15)16/h2-11,13H,12H2,1H3,(H,24,27)(H,25,28). The van der Waals surface area contributed by atoms with Gasteiger partial charge >= 0.3 is 5.91 Å². The van der Waals surface area contributed by atoms with Crippen LogP contribution in [0.1, 0.15) is 21.7 Å². The second-order valence-corrected chi connectivity index (χ2v) is 6.79. The van der Waals surface area contributed by atoms with E-state index in [1.54, 1.807) is 18.2 Å². The van der Waals surface area contributed by atoms with E-state index >= 15 is 0 Å². The summed E-state index contributed by atoms with van der Waals surface area (Å²) < 4.78 is 5.50. The van der Waals surface area contributed by atoms with E-state index in [0.717, 1.165) is 28.0 Å². The van der Waals surface area contributed by atoms with Gasteiger partial charge in [-0.25, -0.2) is 0 Å². The lowest BCUT2D eigenvalue weighted by molar-refractivity contribution is -0.121. The van der Waals surface area contributed by atoms with E-state index in [-0.39, 0.29) is 23.5 Å². The minimum absolute atomic E-state index is 0.0998. The Hall–Kier alpha value is -3.93. The quantitative estimate of drug-likeness (QED) is 0.529. The number of fused-ring (bicyclic) bond motifs is 2. The third kappa shape index (κ3) is 3.87. The van der Waals surface area contributed by atoms with Crippen molar-refractivity contribution in [2.24, 2.45) is 0 Å². The minimum Gasteiger partial charge on any atom is -0.451 e. The van der Waals surface area contributed by atoms with Gasteiger partial charge < -0.3 is 4.42 Å². The topological polar surface area (TPSA) is 88.4 Å². The van der Waals surface area contributed by atoms with Crippen LogP contribution >= 0.6 is 0 Å². The molecule has 1 heterocycles. The van der Waals surface area contributed by atoms with E-state index in [1.807, 2.05) is 49.4 Å². The molecule has 3 aromatic carbocycles. The summed E-state index contributed by atoms with van der Waals surface area (Å²) in [5.74, 6) is -1.25. The summed E-state index contributed by atoms with van der Waals surface area (Å²) in [6, 6.07) is 19.7. The molecule has 0 aliphatic heterocycles. The van der Waals surface area contributed by atoms with Gasteiger partial charge in [0, 0.05) is 6.07 Å². The van der Waals surface area contributed by atoms with Crippen LogP contribution in [0.25, 0.3) is 21.7 Å². The van der Waals surface area contributed by atoms with Crippen LogP contribution < -0.4 is 16.3 Å². The molecule has 0 saturated heterocycles. The Balaban J connectivity index is 1.47. The molecule has 2 amide bonds. The molecule has 0 radical (unpaired) electrons. The van der Waals surface area contributed by atoms with Crippen molar-refractivity contribution in [1.29, 1.82) is 0 Å². The smallest absolute Gasteiger partial charge is 0.305 e. The maximum absolute atomic E-state index is 12.3. The SMILES string of the molecule is Cc1ccc2oc(C(=O)NNC(=O)Cc3cccc4ccccc34)cc(=O)c2c1. The molecule has 6 heteroatoms. The zero-order valence-electron chi connectivity index (χ0n) is 15.7. The van der Waals surface area contributed by atoms with Gasteiger partial charge in [-0.1, -0.05) is 54.1 Å². The van der Waals surface area contributed by atoms with E-state index in [2.05, 4.69) is 10.9 Å². The highest BCUT2D eigenvalue weighted by Gasteiger charge is 2.14. The number of carbonyl (C=O) groups excluding carboxylic acids is 2. The Morgan fingerprint density at radius 3 is 2.55 bits per heavy atom. The zero-order valence-corrected chi connectivity index (χ0v) is 15.7. The molecule has 0 atom stereocenters. The molecule has 0 aliphatic rings. The van der Waals surface area contributed by atoms with Gasteiger partial charge in [-0.15, -0.1) is 0 Å². The number of benzene rings is 3. The van der Waals surface area contributed by atoms with Crippen LogP contribution in [0.5, 0.6) is 0 Å². The summed E-state index contributed by atoms with van der Waals surface area (Å²) in [6.45, 7) is 1.87. The maximum Gasteiger partial charge on any atom is 0.305 e. The normalized spacial score (nSPS) is 10.8. The first-order chi connectivity index (χ1) is 14.0. The van der Waals surface area contributed by atoms with Crippen LogP contribution in [-0.4, -0.2) is 11.8 Å². The summed E-state index contributed by atoms with van der Waals surface area (Å²) in [5.41, 5.74) is 6.44. The monoisotopic (exact) mass is 386 g/mol. The van der Waals surface area contributed by atoms with Crippen molar-refractivity contribution in [3.05, 3.63) is 93.8 Å². The Morgan fingerprint density at radius 1 is 0.897 bits per heavy atom. The second-order valence-electron chi connectivity index (χ2n) is 6.79. The molecule has 0 spiro atoms. The lowest BCUT2D eigenvalue weighted by Gasteiger charge is -2.09. The van der Waals surface area contributed by atoms with Crippen molar-refractivity contribution in [3.63, 3.8) is 0 Å². The van der Waals surface area contributed by atoms with Crippen molar-refractivity contribution in [3.8, 4) is 0 Å². The molecular formula is C23H18N2O4. The van der Waals surface area contributed by atoms with Crippen LogP contribution in [-0.2, 0) is 11.2 Å². The van der Waals surface area contributed by atoms with Crippen molar-refractivity contribution >= 4 is 33.6 Å². The summed E-state index contributed by atoms with van der Waals surface area (Å²) in [7, 11) is 0. The van der Waals surface area contributed by atoms with Gasteiger partial charge in [0.1, 0.15) is 5.58 Å². The molecule has 144 valence electrons. The fraction of sp³-hybridized carbons (Fsp3) is 0.0870. The summed E-state index contributed by atoms with van der Waals surface area (Å²) in [6.07, 6.45) is 0.0998. The lowest BCUT2D eigenvalue weighted by atomic mass is 10.0. The van der Waals surface area contributed by atoms with Gasteiger partial charge in [0.05, 0.1) is 11.8 Å². The average molecular weight is 386 g/mol. The molecule has 0 fully saturated rings. The fourth-order valence-electron chi connectivity index (χ4n) is 3.23. The first-order valence-corrected chi connectivity index (χ1v) is 9.11. The number of rotatable bonds is 3. The van der Waals surface area contributed by atoms with Crippen LogP contribution in [0.4, 0.5) is 0 Å². The molecule has 0 aliphatic carbocycles. The number of carbonyl (C=O) groups is 2. The van der Waals surface area contributed by atoms with E-state index in [4.69, 9.17) is 4.42 Å². The van der Waals surface area contributed by atoms with Crippen molar-refractivity contribution in [2.75, 3.05) is 0 Å².